The first-order valence-electron chi connectivity index (χ1n) is 8.69. The van der Waals surface area contributed by atoms with Crippen LogP contribution in [0.15, 0.2) is 35.4 Å². The van der Waals surface area contributed by atoms with Crippen LogP contribution >= 0.6 is 0 Å². The van der Waals surface area contributed by atoms with E-state index < -0.39 is 35.4 Å². The van der Waals surface area contributed by atoms with Crippen LogP contribution < -0.4 is 11.3 Å². The number of hydrogen-bond acceptors (Lipinski definition) is 4. The number of anilines is 1. The fourth-order valence-electron chi connectivity index (χ4n) is 2.94. The maximum Gasteiger partial charge on any atom is 0.268 e. The van der Waals surface area contributed by atoms with E-state index in [2.05, 4.69) is 9.97 Å². The van der Waals surface area contributed by atoms with Crippen LogP contribution in [0.3, 0.4) is 0 Å². The van der Waals surface area contributed by atoms with Crippen molar-refractivity contribution in [1.29, 1.82) is 0 Å². The van der Waals surface area contributed by atoms with Crippen molar-refractivity contribution in [3.63, 3.8) is 0 Å². The Kier molecular flexibility index (Phi) is 5.62. The predicted molar refractivity (Wildman–Crippen MR) is 98.4 cm³/mol. The minimum atomic E-state index is -2.85. The third kappa shape index (κ3) is 3.83. The van der Waals surface area contributed by atoms with Crippen molar-refractivity contribution in [2.24, 2.45) is 0 Å². The molecule has 0 spiro atoms. The second-order valence-corrected chi connectivity index (χ2v) is 6.41. The highest BCUT2D eigenvalue weighted by molar-refractivity contribution is 5.86. The summed E-state index contributed by atoms with van der Waals surface area (Å²) in [4.78, 5) is 20.0. The molecule has 2 N–H and O–H groups in total. The Balaban J connectivity index is 2.04. The number of nitrogens with two attached hydrogens (primary N) is 1. The van der Waals surface area contributed by atoms with Crippen molar-refractivity contribution in [2.75, 3.05) is 5.73 Å². The van der Waals surface area contributed by atoms with E-state index in [1.807, 2.05) is 6.92 Å². The summed E-state index contributed by atoms with van der Waals surface area (Å²) < 4.78 is 55.2. The van der Waals surface area contributed by atoms with Crippen molar-refractivity contribution in [3.05, 3.63) is 52.3 Å². The van der Waals surface area contributed by atoms with E-state index in [1.165, 1.54) is 16.8 Å². The molecule has 2 aromatic heterocycles. The standard InChI is InChI=1S/C19H18F4N4O/c1-2-3-11(20)9-27-5-4-10-6-13(15(21)7-12(10)19(27)28)18-25-8-14(16(22)23)17(24)26-18/h4-8,11,16H,2-3,9H2,1H3,(H2,24,25,26). The van der Waals surface area contributed by atoms with Crippen molar-refractivity contribution in [2.45, 2.75) is 38.9 Å². The Bertz CT molecular complexity index is 1070. The van der Waals surface area contributed by atoms with Gasteiger partial charge in [0.2, 0.25) is 0 Å². The second-order valence-electron chi connectivity index (χ2n) is 6.41. The summed E-state index contributed by atoms with van der Waals surface area (Å²) in [5.41, 5.74) is 4.36. The van der Waals surface area contributed by atoms with Gasteiger partial charge in [0.15, 0.2) is 5.82 Å². The molecule has 5 nitrogen and oxygen atoms in total. The van der Waals surface area contributed by atoms with E-state index in [0.29, 0.717) is 18.2 Å². The summed E-state index contributed by atoms with van der Waals surface area (Å²) >= 11 is 0. The lowest BCUT2D eigenvalue weighted by atomic mass is 10.1. The van der Waals surface area contributed by atoms with E-state index in [0.717, 1.165) is 12.3 Å². The zero-order chi connectivity index (χ0) is 20.4. The number of pyridine rings is 1. The molecule has 0 aliphatic carbocycles. The van der Waals surface area contributed by atoms with Gasteiger partial charge in [0.05, 0.1) is 23.1 Å². The van der Waals surface area contributed by atoms with Gasteiger partial charge in [-0.25, -0.2) is 27.5 Å². The Labute approximate surface area is 157 Å². The molecule has 1 atom stereocenters. The van der Waals surface area contributed by atoms with Crippen LogP contribution in [-0.2, 0) is 6.54 Å². The number of halogens is 4. The number of hydrogen-bond donors (Lipinski definition) is 1. The fourth-order valence-corrected chi connectivity index (χ4v) is 2.94. The molecule has 0 radical (unpaired) electrons. The van der Waals surface area contributed by atoms with E-state index in [1.54, 1.807) is 6.07 Å². The first kappa shape index (κ1) is 19.8. The molecule has 0 aliphatic rings. The lowest BCUT2D eigenvalue weighted by molar-refractivity contribution is 0.151. The number of nitrogen functional groups attached to an aromatic ring is 1. The smallest absolute Gasteiger partial charge is 0.268 e. The van der Waals surface area contributed by atoms with Gasteiger partial charge in [-0.3, -0.25) is 4.79 Å². The summed E-state index contributed by atoms with van der Waals surface area (Å²) in [5.74, 6) is -1.42. The van der Waals surface area contributed by atoms with Gasteiger partial charge in [0.1, 0.15) is 17.8 Å². The van der Waals surface area contributed by atoms with Gasteiger partial charge in [0.25, 0.3) is 12.0 Å². The highest BCUT2D eigenvalue weighted by Gasteiger charge is 2.18. The fraction of sp³-hybridized carbons (Fsp3) is 0.316. The van der Waals surface area contributed by atoms with E-state index in [4.69, 9.17) is 5.73 Å². The molecule has 0 saturated carbocycles. The van der Waals surface area contributed by atoms with E-state index in [-0.39, 0.29) is 23.3 Å². The van der Waals surface area contributed by atoms with E-state index in [9.17, 15) is 22.4 Å². The minimum Gasteiger partial charge on any atom is -0.383 e. The number of benzene rings is 1. The number of alkyl halides is 3. The molecule has 0 bridgehead atoms. The highest BCUT2D eigenvalue weighted by atomic mass is 19.3. The van der Waals surface area contributed by atoms with Crippen LogP contribution in [0.1, 0.15) is 31.8 Å². The first-order chi connectivity index (χ1) is 13.3. The lowest BCUT2D eigenvalue weighted by Gasteiger charge is -2.12. The molecule has 1 aromatic carbocycles. The molecule has 28 heavy (non-hydrogen) atoms. The van der Waals surface area contributed by atoms with Gasteiger partial charge >= 0.3 is 0 Å². The second kappa shape index (κ2) is 7.95. The van der Waals surface area contributed by atoms with Crippen LogP contribution in [0, 0.1) is 5.82 Å². The molecule has 0 saturated heterocycles. The number of nitrogens with zero attached hydrogens (tertiary/aromatic N) is 3. The van der Waals surface area contributed by atoms with Crippen LogP contribution in [0.25, 0.3) is 22.2 Å². The Morgan fingerprint density at radius 3 is 2.64 bits per heavy atom. The molecule has 148 valence electrons. The Morgan fingerprint density at radius 1 is 1.25 bits per heavy atom. The Morgan fingerprint density at radius 2 is 2.00 bits per heavy atom. The summed E-state index contributed by atoms with van der Waals surface area (Å²) in [6.45, 7) is 1.73. The monoisotopic (exact) mass is 394 g/mol. The van der Waals surface area contributed by atoms with Crippen molar-refractivity contribution >= 4 is 16.6 Å². The summed E-state index contributed by atoms with van der Waals surface area (Å²) in [6, 6.07) is 3.90. The summed E-state index contributed by atoms with van der Waals surface area (Å²) in [6.07, 6.45) is -0.766. The minimum absolute atomic E-state index is 0.0737. The normalized spacial score (nSPS) is 12.6. The summed E-state index contributed by atoms with van der Waals surface area (Å²) in [7, 11) is 0. The Hall–Kier alpha value is -2.97. The van der Waals surface area contributed by atoms with Crippen LogP contribution in [0.2, 0.25) is 0 Å². The topological polar surface area (TPSA) is 73.8 Å². The number of rotatable bonds is 6. The highest BCUT2D eigenvalue weighted by Crippen LogP contribution is 2.28. The molecule has 0 amide bonds. The first-order valence-corrected chi connectivity index (χ1v) is 8.69. The quantitative estimate of drug-likeness (QED) is 0.634. The van der Waals surface area contributed by atoms with Crippen LogP contribution in [0.4, 0.5) is 23.4 Å². The van der Waals surface area contributed by atoms with Gasteiger partial charge < -0.3 is 10.3 Å². The number of fused-ring (bicyclic) bond motifs is 1. The molecule has 1 unspecified atom stereocenters. The molecular formula is C19H18F4N4O. The van der Waals surface area contributed by atoms with Crippen molar-refractivity contribution in [3.8, 4) is 11.4 Å². The molecule has 0 fully saturated rings. The molecule has 2 heterocycles. The predicted octanol–water partition coefficient (Wildman–Crippen LogP) is 4.26. The molecule has 0 aliphatic heterocycles. The van der Waals surface area contributed by atoms with Gasteiger partial charge in [-0.05, 0) is 30.0 Å². The third-order valence-corrected chi connectivity index (χ3v) is 4.39. The van der Waals surface area contributed by atoms with E-state index >= 15 is 0 Å². The van der Waals surface area contributed by atoms with Crippen LogP contribution in [-0.4, -0.2) is 20.7 Å². The van der Waals surface area contributed by atoms with Gasteiger partial charge in [0, 0.05) is 12.4 Å². The van der Waals surface area contributed by atoms with Crippen molar-refractivity contribution < 1.29 is 17.6 Å². The molecule has 3 aromatic rings. The third-order valence-electron chi connectivity index (χ3n) is 4.39. The number of aromatic nitrogens is 3. The molecule has 9 heteroatoms. The summed E-state index contributed by atoms with van der Waals surface area (Å²) in [5, 5.41) is 0.466. The SMILES string of the molecule is CCCC(F)Cn1ccc2cc(-c3ncc(C(F)F)c(N)n3)c(F)cc2c1=O. The largest absolute Gasteiger partial charge is 0.383 e. The zero-order valence-electron chi connectivity index (χ0n) is 15.0. The van der Waals surface area contributed by atoms with Crippen molar-refractivity contribution in [1.82, 2.24) is 14.5 Å². The maximum absolute atomic E-state index is 14.6. The van der Waals surface area contributed by atoms with Gasteiger partial charge in [-0.1, -0.05) is 13.3 Å². The van der Waals surface area contributed by atoms with Gasteiger partial charge in [-0.2, -0.15) is 0 Å². The van der Waals surface area contributed by atoms with Gasteiger partial charge in [-0.15, -0.1) is 0 Å². The average Bonchev–Trinajstić information content (AvgIpc) is 2.64. The lowest BCUT2D eigenvalue weighted by Crippen LogP contribution is -2.24. The van der Waals surface area contributed by atoms with Crippen LogP contribution in [0.5, 0.6) is 0 Å². The maximum atomic E-state index is 14.6. The molecular weight excluding hydrogens is 376 g/mol. The molecule has 3 rings (SSSR count). The average molecular weight is 394 g/mol. The zero-order valence-corrected chi connectivity index (χ0v) is 15.0.